The lowest BCUT2D eigenvalue weighted by Gasteiger charge is -2.33. The zero-order valence-corrected chi connectivity index (χ0v) is 21.6. The van der Waals surface area contributed by atoms with Gasteiger partial charge in [0.25, 0.3) is 5.91 Å². The number of carbonyl (C=O) groups excluding carboxylic acids is 1. The summed E-state index contributed by atoms with van der Waals surface area (Å²) >= 11 is 0. The van der Waals surface area contributed by atoms with E-state index in [1.807, 2.05) is 24.3 Å². The largest absolute Gasteiger partial charge is 0.364 e. The van der Waals surface area contributed by atoms with Crippen LogP contribution in [-0.4, -0.2) is 74.5 Å². The summed E-state index contributed by atoms with van der Waals surface area (Å²) in [7, 11) is 2.11. The highest BCUT2D eigenvalue weighted by Crippen LogP contribution is 2.24. The van der Waals surface area contributed by atoms with Crippen molar-refractivity contribution in [3.63, 3.8) is 0 Å². The number of anilines is 3. The standard InChI is InChI=1S/C27H31N9O/c1-27(2,3)34-23-17-28-16-22(31-23)18-5-6-20-15-30-26(32-21(20)13-18)33-25(37)19-7-8-29-24(14-19)36-11-9-35(4)10-12-36/h5-8,13-17H,9-12H2,1-4H3,(H,31,34)(H,30,32,33,37). The summed E-state index contributed by atoms with van der Waals surface area (Å²) in [6.45, 7) is 9.91. The van der Waals surface area contributed by atoms with Crippen molar-refractivity contribution in [3.8, 4) is 11.3 Å². The monoisotopic (exact) mass is 497 g/mol. The minimum atomic E-state index is -0.278. The Morgan fingerprint density at radius 1 is 0.946 bits per heavy atom. The molecular formula is C27H31N9O. The Morgan fingerprint density at radius 2 is 1.76 bits per heavy atom. The van der Waals surface area contributed by atoms with Crippen LogP contribution in [0.15, 0.2) is 55.1 Å². The number of hydrogen-bond acceptors (Lipinski definition) is 9. The molecule has 0 atom stereocenters. The van der Waals surface area contributed by atoms with E-state index in [2.05, 4.69) is 68.2 Å². The fraction of sp³-hybridized carbons (Fsp3) is 0.333. The van der Waals surface area contributed by atoms with E-state index in [0.29, 0.717) is 16.9 Å². The van der Waals surface area contributed by atoms with Gasteiger partial charge in [-0.3, -0.25) is 15.1 Å². The van der Waals surface area contributed by atoms with E-state index in [-0.39, 0.29) is 17.4 Å². The molecule has 37 heavy (non-hydrogen) atoms. The second-order valence-electron chi connectivity index (χ2n) is 10.3. The van der Waals surface area contributed by atoms with Gasteiger partial charge in [-0.25, -0.2) is 19.9 Å². The highest BCUT2D eigenvalue weighted by molar-refractivity contribution is 6.04. The average molecular weight is 498 g/mol. The molecule has 2 N–H and O–H groups in total. The molecule has 1 aliphatic rings. The van der Waals surface area contributed by atoms with Crippen molar-refractivity contribution in [2.45, 2.75) is 26.3 Å². The first kappa shape index (κ1) is 24.5. The van der Waals surface area contributed by atoms with Crippen LogP contribution in [0.25, 0.3) is 22.2 Å². The van der Waals surface area contributed by atoms with Crippen LogP contribution in [0, 0.1) is 0 Å². The number of likely N-dealkylation sites (N-methyl/N-ethyl adjacent to an activating group) is 1. The van der Waals surface area contributed by atoms with E-state index in [9.17, 15) is 4.79 Å². The molecule has 1 fully saturated rings. The van der Waals surface area contributed by atoms with Crippen LogP contribution in [0.5, 0.6) is 0 Å². The third-order valence-corrected chi connectivity index (χ3v) is 6.08. The maximum atomic E-state index is 13.0. The first-order valence-corrected chi connectivity index (χ1v) is 12.3. The average Bonchev–Trinajstić information content (AvgIpc) is 2.88. The number of pyridine rings is 1. The van der Waals surface area contributed by atoms with Crippen molar-refractivity contribution in [3.05, 3.63) is 60.7 Å². The lowest BCUT2D eigenvalue weighted by atomic mass is 10.1. The number of nitrogens with one attached hydrogen (secondary N) is 2. The lowest BCUT2D eigenvalue weighted by molar-refractivity contribution is 0.102. The van der Waals surface area contributed by atoms with Crippen molar-refractivity contribution in [1.29, 1.82) is 0 Å². The summed E-state index contributed by atoms with van der Waals surface area (Å²) in [4.78, 5) is 39.9. The van der Waals surface area contributed by atoms with Gasteiger partial charge in [-0.2, -0.15) is 0 Å². The Kier molecular flexibility index (Phi) is 6.66. The van der Waals surface area contributed by atoms with Crippen molar-refractivity contribution in [2.75, 3.05) is 48.8 Å². The van der Waals surface area contributed by atoms with Crippen molar-refractivity contribution in [1.82, 2.24) is 29.8 Å². The van der Waals surface area contributed by atoms with E-state index >= 15 is 0 Å². The number of amides is 1. The predicted octanol–water partition coefficient (Wildman–Crippen LogP) is 3.70. The zero-order valence-electron chi connectivity index (χ0n) is 21.6. The molecule has 0 radical (unpaired) electrons. The predicted molar refractivity (Wildman–Crippen MR) is 146 cm³/mol. The molecule has 10 nitrogen and oxygen atoms in total. The van der Waals surface area contributed by atoms with Crippen LogP contribution < -0.4 is 15.5 Å². The number of carbonyl (C=O) groups is 1. The molecule has 5 rings (SSSR count). The van der Waals surface area contributed by atoms with E-state index in [1.165, 1.54) is 0 Å². The Labute approximate surface area is 216 Å². The Hall–Kier alpha value is -4.18. The summed E-state index contributed by atoms with van der Waals surface area (Å²) in [5, 5.41) is 7.03. The molecule has 1 amide bonds. The summed E-state index contributed by atoms with van der Waals surface area (Å²) in [5.74, 6) is 1.46. The van der Waals surface area contributed by atoms with Crippen LogP contribution in [0.3, 0.4) is 0 Å². The quantitative estimate of drug-likeness (QED) is 0.426. The minimum Gasteiger partial charge on any atom is -0.364 e. The zero-order chi connectivity index (χ0) is 26.0. The van der Waals surface area contributed by atoms with E-state index in [0.717, 1.165) is 48.6 Å². The van der Waals surface area contributed by atoms with Crippen LogP contribution in [0.1, 0.15) is 31.1 Å². The van der Waals surface area contributed by atoms with Gasteiger partial charge in [0.1, 0.15) is 11.6 Å². The third kappa shape index (κ3) is 5.97. The van der Waals surface area contributed by atoms with Crippen LogP contribution in [0.4, 0.5) is 17.6 Å². The van der Waals surface area contributed by atoms with Gasteiger partial charge in [0.2, 0.25) is 5.95 Å². The van der Waals surface area contributed by atoms with Gasteiger partial charge in [-0.15, -0.1) is 0 Å². The molecule has 4 aromatic rings. The van der Waals surface area contributed by atoms with Crippen LogP contribution in [-0.2, 0) is 0 Å². The summed E-state index contributed by atoms with van der Waals surface area (Å²) in [6, 6.07) is 9.34. The summed E-state index contributed by atoms with van der Waals surface area (Å²) in [5.41, 5.74) is 2.69. The third-order valence-electron chi connectivity index (χ3n) is 6.08. The van der Waals surface area contributed by atoms with Crippen molar-refractivity contribution >= 4 is 34.4 Å². The highest BCUT2D eigenvalue weighted by atomic mass is 16.1. The Morgan fingerprint density at radius 3 is 2.54 bits per heavy atom. The van der Waals surface area contributed by atoms with Gasteiger partial charge >= 0.3 is 0 Å². The number of benzene rings is 1. The molecule has 0 bridgehead atoms. The van der Waals surface area contributed by atoms with Gasteiger partial charge in [0.05, 0.1) is 23.6 Å². The molecule has 0 saturated carbocycles. The maximum Gasteiger partial charge on any atom is 0.258 e. The molecule has 3 aromatic heterocycles. The molecule has 10 heteroatoms. The van der Waals surface area contributed by atoms with Crippen molar-refractivity contribution < 1.29 is 4.79 Å². The molecule has 1 aliphatic heterocycles. The normalized spacial score (nSPS) is 14.5. The van der Waals surface area contributed by atoms with E-state index in [4.69, 9.17) is 4.98 Å². The van der Waals surface area contributed by atoms with E-state index in [1.54, 1.807) is 30.9 Å². The second-order valence-corrected chi connectivity index (χ2v) is 10.3. The molecule has 4 heterocycles. The van der Waals surface area contributed by atoms with Crippen LogP contribution in [0.2, 0.25) is 0 Å². The Bertz CT molecular complexity index is 1430. The SMILES string of the molecule is CN1CCN(c2cc(C(=O)Nc3ncc4ccc(-c5cncc(NC(C)(C)C)n5)cc4n3)ccn2)CC1. The lowest BCUT2D eigenvalue weighted by Crippen LogP contribution is -2.44. The van der Waals surface area contributed by atoms with Crippen molar-refractivity contribution in [2.24, 2.45) is 0 Å². The fourth-order valence-electron chi connectivity index (χ4n) is 4.13. The summed E-state index contributed by atoms with van der Waals surface area (Å²) in [6.07, 6.45) is 6.80. The second kappa shape index (κ2) is 10.1. The Balaban J connectivity index is 1.35. The molecule has 0 unspecified atom stereocenters. The van der Waals surface area contributed by atoms with Gasteiger partial charge < -0.3 is 15.1 Å². The number of aromatic nitrogens is 5. The number of rotatable bonds is 5. The maximum absolute atomic E-state index is 13.0. The molecular weight excluding hydrogens is 466 g/mol. The minimum absolute atomic E-state index is 0.128. The van der Waals surface area contributed by atoms with Gasteiger partial charge in [0, 0.05) is 60.6 Å². The topological polar surface area (TPSA) is 112 Å². The first-order valence-electron chi connectivity index (χ1n) is 12.3. The number of hydrogen-bond donors (Lipinski definition) is 2. The molecule has 1 aromatic carbocycles. The summed E-state index contributed by atoms with van der Waals surface area (Å²) < 4.78 is 0. The number of nitrogens with zero attached hydrogens (tertiary/aromatic N) is 7. The highest BCUT2D eigenvalue weighted by Gasteiger charge is 2.17. The molecule has 190 valence electrons. The molecule has 0 spiro atoms. The van der Waals surface area contributed by atoms with Crippen LogP contribution >= 0.6 is 0 Å². The fourth-order valence-corrected chi connectivity index (χ4v) is 4.13. The van der Waals surface area contributed by atoms with E-state index < -0.39 is 0 Å². The van der Waals surface area contributed by atoms with Gasteiger partial charge in [0.15, 0.2) is 0 Å². The molecule has 0 aliphatic carbocycles. The van der Waals surface area contributed by atoms with Gasteiger partial charge in [-0.05, 0) is 46.0 Å². The number of fused-ring (bicyclic) bond motifs is 1. The molecule has 1 saturated heterocycles. The smallest absolute Gasteiger partial charge is 0.258 e. The first-order chi connectivity index (χ1) is 17.7. The van der Waals surface area contributed by atoms with Gasteiger partial charge in [-0.1, -0.05) is 12.1 Å². The number of piperazine rings is 1.